The summed E-state index contributed by atoms with van der Waals surface area (Å²) in [5, 5.41) is 1.17. The molecular weight excluding hydrogens is 278 g/mol. The van der Waals surface area contributed by atoms with Crippen molar-refractivity contribution in [3.63, 3.8) is 0 Å². The highest BCUT2D eigenvalue weighted by atomic mass is 16.5. The van der Waals surface area contributed by atoms with Crippen molar-refractivity contribution in [2.24, 2.45) is 0 Å². The molecule has 4 heteroatoms. The van der Waals surface area contributed by atoms with Crippen LogP contribution >= 0.6 is 0 Å². The third kappa shape index (κ3) is 2.91. The SMILES string of the molecule is COC(=O)CCc1cn(C2CCCC(=O)C2)c2ccccc12. The van der Waals surface area contributed by atoms with Crippen molar-refractivity contribution in [1.82, 2.24) is 4.57 Å². The molecule has 0 N–H and O–H groups in total. The Morgan fingerprint density at radius 2 is 2.18 bits per heavy atom. The number of ketones is 1. The zero-order chi connectivity index (χ0) is 15.5. The average Bonchev–Trinajstić information content (AvgIpc) is 2.91. The fourth-order valence-corrected chi connectivity index (χ4v) is 3.36. The predicted molar refractivity (Wildman–Crippen MR) is 84.8 cm³/mol. The van der Waals surface area contributed by atoms with E-state index in [2.05, 4.69) is 22.9 Å². The van der Waals surface area contributed by atoms with Crippen molar-refractivity contribution in [2.45, 2.75) is 44.6 Å². The van der Waals surface area contributed by atoms with Crippen molar-refractivity contribution in [3.05, 3.63) is 36.0 Å². The minimum Gasteiger partial charge on any atom is -0.469 e. The highest BCUT2D eigenvalue weighted by Gasteiger charge is 2.23. The largest absolute Gasteiger partial charge is 0.469 e. The molecule has 1 aromatic heterocycles. The van der Waals surface area contributed by atoms with E-state index >= 15 is 0 Å². The normalized spacial score (nSPS) is 18.6. The molecule has 116 valence electrons. The number of hydrogen-bond acceptors (Lipinski definition) is 3. The molecule has 1 aliphatic rings. The topological polar surface area (TPSA) is 48.3 Å². The van der Waals surface area contributed by atoms with Gasteiger partial charge in [0, 0.05) is 42.4 Å². The minimum atomic E-state index is -0.190. The standard InChI is InChI=1S/C18H21NO3/c1-22-18(21)10-9-13-12-19(14-5-4-6-15(20)11-14)17-8-3-2-7-16(13)17/h2-3,7-8,12,14H,4-6,9-11H2,1H3. The number of benzene rings is 1. The van der Waals surface area contributed by atoms with E-state index in [4.69, 9.17) is 4.74 Å². The lowest BCUT2D eigenvalue weighted by Gasteiger charge is -2.23. The number of carbonyl (C=O) groups excluding carboxylic acids is 2. The molecule has 1 heterocycles. The molecule has 0 saturated heterocycles. The Hall–Kier alpha value is -2.10. The number of rotatable bonds is 4. The van der Waals surface area contributed by atoms with Gasteiger partial charge in [-0.2, -0.15) is 0 Å². The average molecular weight is 299 g/mol. The van der Waals surface area contributed by atoms with Gasteiger partial charge in [0.15, 0.2) is 0 Å². The molecule has 2 aromatic rings. The summed E-state index contributed by atoms with van der Waals surface area (Å²) in [6.45, 7) is 0. The van der Waals surface area contributed by atoms with E-state index in [1.807, 2.05) is 12.1 Å². The van der Waals surface area contributed by atoms with E-state index in [-0.39, 0.29) is 12.0 Å². The van der Waals surface area contributed by atoms with Crippen molar-refractivity contribution < 1.29 is 14.3 Å². The van der Waals surface area contributed by atoms with Gasteiger partial charge in [-0.05, 0) is 30.9 Å². The van der Waals surface area contributed by atoms with Crippen LogP contribution in [0.1, 0.15) is 43.7 Å². The summed E-state index contributed by atoms with van der Waals surface area (Å²) in [5.74, 6) is 0.162. The molecule has 1 saturated carbocycles. The van der Waals surface area contributed by atoms with Crippen LogP contribution in [-0.4, -0.2) is 23.4 Å². The van der Waals surface area contributed by atoms with Gasteiger partial charge >= 0.3 is 5.97 Å². The molecule has 1 fully saturated rings. The Bertz CT molecular complexity index is 701. The Kier molecular flexibility index (Phi) is 4.27. The monoisotopic (exact) mass is 299 g/mol. The third-order valence-electron chi connectivity index (χ3n) is 4.50. The smallest absolute Gasteiger partial charge is 0.305 e. The third-order valence-corrected chi connectivity index (χ3v) is 4.50. The maximum atomic E-state index is 11.8. The van der Waals surface area contributed by atoms with Gasteiger partial charge in [-0.1, -0.05) is 18.2 Å². The van der Waals surface area contributed by atoms with Crippen LogP contribution in [0, 0.1) is 0 Å². The van der Waals surface area contributed by atoms with Crippen LogP contribution in [0.15, 0.2) is 30.5 Å². The van der Waals surface area contributed by atoms with Gasteiger partial charge < -0.3 is 9.30 Å². The van der Waals surface area contributed by atoms with Crippen LogP contribution in [0.5, 0.6) is 0 Å². The number of fused-ring (bicyclic) bond motifs is 1. The van der Waals surface area contributed by atoms with E-state index in [0.717, 1.165) is 23.9 Å². The second-order valence-corrected chi connectivity index (χ2v) is 5.94. The number of aromatic nitrogens is 1. The first-order valence-electron chi connectivity index (χ1n) is 7.86. The number of esters is 1. The number of ether oxygens (including phenoxy) is 1. The summed E-state index contributed by atoms with van der Waals surface area (Å²) >= 11 is 0. The number of hydrogen-bond donors (Lipinski definition) is 0. The number of aryl methyl sites for hydroxylation is 1. The maximum absolute atomic E-state index is 11.8. The highest BCUT2D eigenvalue weighted by molar-refractivity contribution is 5.85. The van der Waals surface area contributed by atoms with Crippen LogP contribution < -0.4 is 0 Å². The summed E-state index contributed by atoms with van der Waals surface area (Å²) in [6, 6.07) is 8.46. The Morgan fingerprint density at radius 1 is 1.36 bits per heavy atom. The van der Waals surface area contributed by atoms with Crippen LogP contribution in [0.25, 0.3) is 10.9 Å². The van der Waals surface area contributed by atoms with Crippen LogP contribution in [0.3, 0.4) is 0 Å². The van der Waals surface area contributed by atoms with Gasteiger partial charge in [-0.25, -0.2) is 0 Å². The van der Waals surface area contributed by atoms with Gasteiger partial charge in [0.25, 0.3) is 0 Å². The highest BCUT2D eigenvalue weighted by Crippen LogP contribution is 2.32. The summed E-state index contributed by atoms with van der Waals surface area (Å²) in [6.07, 6.45) is 6.51. The Balaban J connectivity index is 1.93. The summed E-state index contributed by atoms with van der Waals surface area (Å²) in [7, 11) is 1.42. The van der Waals surface area contributed by atoms with Gasteiger partial charge in [0.05, 0.1) is 7.11 Å². The minimum absolute atomic E-state index is 0.190. The van der Waals surface area contributed by atoms with E-state index in [0.29, 0.717) is 31.5 Å². The summed E-state index contributed by atoms with van der Waals surface area (Å²) < 4.78 is 6.97. The van der Waals surface area contributed by atoms with Crippen molar-refractivity contribution >= 4 is 22.7 Å². The fraction of sp³-hybridized carbons (Fsp3) is 0.444. The molecule has 1 atom stereocenters. The Morgan fingerprint density at radius 3 is 2.95 bits per heavy atom. The first kappa shape index (κ1) is 14.8. The van der Waals surface area contributed by atoms with E-state index in [1.54, 1.807) is 0 Å². The van der Waals surface area contributed by atoms with Gasteiger partial charge in [-0.15, -0.1) is 0 Å². The zero-order valence-electron chi connectivity index (χ0n) is 12.9. The molecule has 0 spiro atoms. The van der Waals surface area contributed by atoms with E-state index in [1.165, 1.54) is 12.5 Å². The van der Waals surface area contributed by atoms with Gasteiger partial charge in [0.2, 0.25) is 0 Å². The molecule has 0 bridgehead atoms. The summed E-state index contributed by atoms with van der Waals surface area (Å²) in [4.78, 5) is 23.2. The molecule has 0 radical (unpaired) electrons. The van der Waals surface area contributed by atoms with Gasteiger partial charge in [0.1, 0.15) is 5.78 Å². The number of para-hydroxylation sites is 1. The van der Waals surface area contributed by atoms with Crippen LogP contribution in [-0.2, 0) is 20.7 Å². The molecule has 1 aliphatic carbocycles. The number of methoxy groups -OCH3 is 1. The molecule has 0 amide bonds. The second-order valence-electron chi connectivity index (χ2n) is 5.94. The molecule has 22 heavy (non-hydrogen) atoms. The molecule has 4 nitrogen and oxygen atoms in total. The van der Waals surface area contributed by atoms with E-state index < -0.39 is 0 Å². The van der Waals surface area contributed by atoms with Crippen molar-refractivity contribution in [1.29, 1.82) is 0 Å². The first-order valence-corrected chi connectivity index (χ1v) is 7.86. The van der Waals surface area contributed by atoms with Crippen LogP contribution in [0.4, 0.5) is 0 Å². The maximum Gasteiger partial charge on any atom is 0.305 e. The second kappa shape index (κ2) is 6.34. The quantitative estimate of drug-likeness (QED) is 0.813. The van der Waals surface area contributed by atoms with Gasteiger partial charge in [-0.3, -0.25) is 9.59 Å². The molecule has 1 aromatic carbocycles. The number of nitrogens with zero attached hydrogens (tertiary/aromatic N) is 1. The lowest BCUT2D eigenvalue weighted by Crippen LogP contribution is -2.18. The van der Waals surface area contributed by atoms with Crippen LogP contribution in [0.2, 0.25) is 0 Å². The van der Waals surface area contributed by atoms with Crippen molar-refractivity contribution in [2.75, 3.05) is 7.11 Å². The molecule has 3 rings (SSSR count). The number of carbonyl (C=O) groups is 2. The Labute approximate surface area is 130 Å². The first-order chi connectivity index (χ1) is 10.7. The lowest BCUT2D eigenvalue weighted by atomic mass is 9.94. The van der Waals surface area contributed by atoms with Crippen molar-refractivity contribution in [3.8, 4) is 0 Å². The van der Waals surface area contributed by atoms with E-state index in [9.17, 15) is 9.59 Å². The predicted octanol–water partition coefficient (Wildman–Crippen LogP) is 3.43. The summed E-state index contributed by atoms with van der Waals surface area (Å²) in [5.41, 5.74) is 2.31. The number of Topliss-reactive ketones (excluding diaryl/α,β-unsaturated/α-hetero) is 1. The fourth-order valence-electron chi connectivity index (χ4n) is 3.36. The molecule has 1 unspecified atom stereocenters. The zero-order valence-corrected chi connectivity index (χ0v) is 12.9. The lowest BCUT2D eigenvalue weighted by molar-refractivity contribution is -0.140. The molecule has 0 aliphatic heterocycles. The molecular formula is C18H21NO3.